The molecule has 1 aromatic heterocycles. The van der Waals surface area contributed by atoms with E-state index < -0.39 is 17.5 Å². The summed E-state index contributed by atoms with van der Waals surface area (Å²) < 4.78 is 29.0. The average Bonchev–Trinajstić information content (AvgIpc) is 3.15. The molecule has 2 aromatic carbocycles. The molecule has 1 heterocycles. The lowest BCUT2D eigenvalue weighted by Crippen LogP contribution is -2.25. The van der Waals surface area contributed by atoms with E-state index in [1.807, 2.05) is 19.1 Å². The zero-order valence-electron chi connectivity index (χ0n) is 17.6. The zero-order valence-corrected chi connectivity index (χ0v) is 20.0. The minimum Gasteiger partial charge on any atom is -0.345 e. The Hall–Kier alpha value is -3.05. The maximum absolute atomic E-state index is 13.9. The minimum atomic E-state index is -0.887. The summed E-state index contributed by atoms with van der Waals surface area (Å²) in [5.74, 6) is -1.98. The third-order valence-corrected chi connectivity index (χ3v) is 6.10. The Morgan fingerprint density at radius 3 is 2.70 bits per heavy atom. The predicted octanol–water partition coefficient (Wildman–Crippen LogP) is 4.47. The van der Waals surface area contributed by atoms with Crippen molar-refractivity contribution in [2.75, 3.05) is 11.1 Å². The van der Waals surface area contributed by atoms with Gasteiger partial charge in [-0.05, 0) is 40.5 Å². The summed E-state index contributed by atoms with van der Waals surface area (Å²) in [7, 11) is 0. The van der Waals surface area contributed by atoms with Crippen LogP contribution in [0.15, 0.2) is 58.7 Å². The first-order valence-corrected chi connectivity index (χ1v) is 11.5. The van der Waals surface area contributed by atoms with Gasteiger partial charge in [-0.2, -0.15) is 0 Å². The molecule has 0 aliphatic rings. The van der Waals surface area contributed by atoms with E-state index in [1.54, 1.807) is 22.8 Å². The van der Waals surface area contributed by atoms with E-state index in [9.17, 15) is 18.4 Å². The van der Waals surface area contributed by atoms with Gasteiger partial charge in [0.15, 0.2) is 16.8 Å². The van der Waals surface area contributed by atoms with Crippen LogP contribution in [-0.2, 0) is 17.9 Å². The first-order valence-electron chi connectivity index (χ1n) is 9.74. The quantitative estimate of drug-likeness (QED) is 0.311. The van der Waals surface area contributed by atoms with Gasteiger partial charge in [0.25, 0.3) is 5.91 Å². The lowest BCUT2D eigenvalue weighted by Gasteiger charge is -2.10. The van der Waals surface area contributed by atoms with Gasteiger partial charge in [0.2, 0.25) is 5.91 Å². The second-order valence-electron chi connectivity index (χ2n) is 6.88. The lowest BCUT2D eigenvalue weighted by molar-refractivity contribution is -0.113. The summed E-state index contributed by atoms with van der Waals surface area (Å²) in [6.07, 6.45) is 1.64. The molecule has 0 saturated carbocycles. The fraction of sp³-hybridized carbons (Fsp3) is 0.182. The number of rotatable bonds is 9. The molecule has 0 aliphatic heterocycles. The number of carbonyl (C=O) groups is 2. The molecule has 0 bridgehead atoms. The fourth-order valence-corrected chi connectivity index (χ4v) is 4.19. The second kappa shape index (κ2) is 11.2. The highest BCUT2D eigenvalue weighted by molar-refractivity contribution is 9.10. The predicted molar refractivity (Wildman–Crippen MR) is 126 cm³/mol. The molecule has 33 heavy (non-hydrogen) atoms. The molecule has 3 rings (SSSR count). The summed E-state index contributed by atoms with van der Waals surface area (Å²) in [6.45, 7) is 6.07. The van der Waals surface area contributed by atoms with Crippen molar-refractivity contribution < 1.29 is 18.4 Å². The highest BCUT2D eigenvalue weighted by Crippen LogP contribution is 2.27. The van der Waals surface area contributed by atoms with Crippen LogP contribution in [0.5, 0.6) is 0 Å². The second-order valence-corrected chi connectivity index (χ2v) is 8.67. The van der Waals surface area contributed by atoms with Crippen LogP contribution in [0.2, 0.25) is 0 Å². The Kier molecular flexibility index (Phi) is 8.34. The largest absolute Gasteiger partial charge is 0.345 e. The zero-order chi connectivity index (χ0) is 24.0. The Morgan fingerprint density at radius 1 is 1.24 bits per heavy atom. The normalized spacial score (nSPS) is 10.7. The molecule has 2 amide bonds. The van der Waals surface area contributed by atoms with Crippen LogP contribution in [0.1, 0.15) is 21.7 Å². The number of halogens is 3. The number of hydrogen-bond acceptors (Lipinski definition) is 5. The van der Waals surface area contributed by atoms with Crippen LogP contribution < -0.4 is 10.6 Å². The summed E-state index contributed by atoms with van der Waals surface area (Å²) in [4.78, 5) is 24.8. The van der Waals surface area contributed by atoms with Gasteiger partial charge >= 0.3 is 0 Å². The van der Waals surface area contributed by atoms with Crippen LogP contribution >= 0.6 is 27.7 Å². The van der Waals surface area contributed by atoms with E-state index >= 15 is 0 Å². The molecule has 0 radical (unpaired) electrons. The molecule has 3 aromatic rings. The summed E-state index contributed by atoms with van der Waals surface area (Å²) in [6, 6.07) is 8.98. The van der Waals surface area contributed by atoms with Gasteiger partial charge < -0.3 is 15.2 Å². The number of carbonyl (C=O) groups excluding carboxylic acids is 2. The van der Waals surface area contributed by atoms with Crippen LogP contribution in [0.3, 0.4) is 0 Å². The minimum absolute atomic E-state index is 0.0892. The summed E-state index contributed by atoms with van der Waals surface area (Å²) in [5.41, 5.74) is 1.28. The number of aryl methyl sites for hydroxylation is 1. The lowest BCUT2D eigenvalue weighted by atomic mass is 10.1. The third kappa shape index (κ3) is 6.26. The van der Waals surface area contributed by atoms with Crippen molar-refractivity contribution in [3.8, 4) is 0 Å². The molecule has 0 fully saturated rings. The van der Waals surface area contributed by atoms with Crippen molar-refractivity contribution in [1.82, 2.24) is 20.1 Å². The number of benzene rings is 2. The SMILES string of the molecule is C=CCn1c(CNC(=O)c2ccccc2C)nnc1SCC(=O)Nc1c(F)cc(F)cc1Br. The number of nitrogens with zero attached hydrogens (tertiary/aromatic N) is 3. The number of nitrogens with one attached hydrogen (secondary N) is 2. The van der Waals surface area contributed by atoms with Crippen LogP contribution in [0.25, 0.3) is 0 Å². The summed E-state index contributed by atoms with van der Waals surface area (Å²) >= 11 is 4.12. The van der Waals surface area contributed by atoms with Crippen molar-refractivity contribution >= 4 is 45.2 Å². The maximum Gasteiger partial charge on any atom is 0.251 e. The van der Waals surface area contributed by atoms with E-state index in [2.05, 4.69) is 43.3 Å². The number of aromatic nitrogens is 3. The molecule has 0 saturated heterocycles. The molecule has 2 N–H and O–H groups in total. The number of allylic oxidation sites excluding steroid dienone is 1. The smallest absolute Gasteiger partial charge is 0.251 e. The van der Waals surface area contributed by atoms with E-state index in [4.69, 9.17) is 0 Å². The van der Waals surface area contributed by atoms with E-state index in [1.165, 1.54) is 0 Å². The third-order valence-electron chi connectivity index (χ3n) is 4.51. The fourth-order valence-electron chi connectivity index (χ4n) is 2.92. The highest BCUT2D eigenvalue weighted by Gasteiger charge is 2.17. The van der Waals surface area contributed by atoms with Crippen molar-refractivity contribution in [2.45, 2.75) is 25.2 Å². The van der Waals surface area contributed by atoms with Crippen molar-refractivity contribution in [3.63, 3.8) is 0 Å². The Labute approximate surface area is 201 Å². The van der Waals surface area contributed by atoms with Crippen molar-refractivity contribution in [3.05, 3.63) is 82.1 Å². The highest BCUT2D eigenvalue weighted by atomic mass is 79.9. The number of anilines is 1. The van der Waals surface area contributed by atoms with Crippen LogP contribution in [-0.4, -0.2) is 32.3 Å². The van der Waals surface area contributed by atoms with Gasteiger partial charge in [-0.1, -0.05) is 36.0 Å². The molecule has 0 atom stereocenters. The molecule has 11 heteroatoms. The topological polar surface area (TPSA) is 88.9 Å². The van der Waals surface area contributed by atoms with Crippen molar-refractivity contribution in [1.29, 1.82) is 0 Å². The van der Waals surface area contributed by atoms with Gasteiger partial charge in [0.1, 0.15) is 5.82 Å². The first kappa shape index (κ1) is 24.6. The Morgan fingerprint density at radius 2 is 2.00 bits per heavy atom. The Balaban J connectivity index is 1.64. The molecule has 172 valence electrons. The molecule has 0 unspecified atom stereocenters. The van der Waals surface area contributed by atoms with Gasteiger partial charge in [0, 0.05) is 22.6 Å². The molecular formula is C22H20BrF2N5O2S. The summed E-state index contributed by atoms with van der Waals surface area (Å²) in [5, 5.41) is 13.9. The monoisotopic (exact) mass is 535 g/mol. The van der Waals surface area contributed by atoms with E-state index in [0.717, 1.165) is 23.4 Å². The van der Waals surface area contributed by atoms with Gasteiger partial charge in [0.05, 0.1) is 18.0 Å². The van der Waals surface area contributed by atoms with Crippen LogP contribution in [0.4, 0.5) is 14.5 Å². The number of hydrogen-bond donors (Lipinski definition) is 2. The van der Waals surface area contributed by atoms with Gasteiger partial charge in [-0.15, -0.1) is 16.8 Å². The maximum atomic E-state index is 13.9. The molecule has 0 spiro atoms. The van der Waals surface area contributed by atoms with Crippen LogP contribution in [0, 0.1) is 18.6 Å². The first-order chi connectivity index (χ1) is 15.8. The number of thioether (sulfide) groups is 1. The standard InChI is InChI=1S/C22H20BrF2N5O2S/c1-3-8-30-18(11-26-21(32)15-7-5-4-6-13(15)2)28-29-22(30)33-12-19(31)27-20-16(23)9-14(24)10-17(20)25/h3-7,9-10H,1,8,11-12H2,2H3,(H,26,32)(H,27,31). The molecule has 7 nitrogen and oxygen atoms in total. The Bertz CT molecular complexity index is 1180. The van der Waals surface area contributed by atoms with E-state index in [-0.39, 0.29) is 28.4 Å². The van der Waals surface area contributed by atoms with Gasteiger partial charge in [-0.3, -0.25) is 9.59 Å². The van der Waals surface area contributed by atoms with E-state index in [0.29, 0.717) is 29.2 Å². The van der Waals surface area contributed by atoms with Gasteiger partial charge in [-0.25, -0.2) is 8.78 Å². The average molecular weight is 536 g/mol. The number of amides is 2. The molecule has 0 aliphatic carbocycles. The van der Waals surface area contributed by atoms with Crippen molar-refractivity contribution in [2.24, 2.45) is 0 Å². The molecular weight excluding hydrogens is 516 g/mol.